The van der Waals surface area contributed by atoms with Gasteiger partial charge in [-0.25, -0.2) is 0 Å². The first-order valence-corrected chi connectivity index (χ1v) is 12.2. The molecule has 3 heteroatoms. The van der Waals surface area contributed by atoms with Crippen LogP contribution < -0.4 is 4.90 Å². The van der Waals surface area contributed by atoms with Crippen LogP contribution in [-0.4, -0.2) is 28.4 Å². The molecule has 2 N–H and O–H groups in total. The Hall–Kier alpha value is -1.84. The molecule has 0 bridgehead atoms. The molecule has 0 saturated heterocycles. The van der Waals surface area contributed by atoms with E-state index in [9.17, 15) is 5.11 Å². The zero-order chi connectivity index (χ0) is 22.3. The number of aliphatic hydroxyl groups is 1. The monoisotopic (exact) mass is 423 g/mol. The summed E-state index contributed by atoms with van der Waals surface area (Å²) in [5, 5.41) is 10.6. The van der Waals surface area contributed by atoms with Crippen LogP contribution in [0.3, 0.4) is 0 Å². The highest BCUT2D eigenvalue weighted by molar-refractivity contribution is 5.28. The van der Waals surface area contributed by atoms with Crippen molar-refractivity contribution in [2.24, 2.45) is 0 Å². The molecule has 170 valence electrons. The molecule has 3 nitrogen and oxygen atoms in total. The van der Waals surface area contributed by atoms with Crippen LogP contribution in [0.15, 0.2) is 55.3 Å². The van der Waals surface area contributed by atoms with Gasteiger partial charge in [-0.2, -0.15) is 0 Å². The Bertz CT molecular complexity index is 793. The molecule has 3 rings (SSSR count). The first-order valence-electron chi connectivity index (χ1n) is 12.2. The fourth-order valence-electron chi connectivity index (χ4n) is 4.91. The lowest BCUT2D eigenvalue weighted by Gasteiger charge is -2.33. The third-order valence-corrected chi connectivity index (χ3v) is 6.89. The van der Waals surface area contributed by atoms with Gasteiger partial charge in [0.25, 0.3) is 0 Å². The van der Waals surface area contributed by atoms with E-state index in [4.69, 9.17) is 0 Å². The van der Waals surface area contributed by atoms with Gasteiger partial charge in [0, 0.05) is 12.7 Å². The van der Waals surface area contributed by atoms with E-state index < -0.39 is 0 Å². The minimum absolute atomic E-state index is 0.188. The quantitative estimate of drug-likeness (QED) is 0.524. The van der Waals surface area contributed by atoms with Gasteiger partial charge >= 0.3 is 0 Å². The smallest absolute Gasteiger partial charge is 0.118 e. The molecule has 0 aliphatic heterocycles. The molecule has 1 aliphatic rings. The summed E-state index contributed by atoms with van der Waals surface area (Å²) in [5.41, 5.74) is 4.28. The highest BCUT2D eigenvalue weighted by Gasteiger charge is 2.27. The molecule has 1 saturated carbocycles. The number of aliphatic hydroxyl groups excluding tert-OH is 1. The van der Waals surface area contributed by atoms with Crippen molar-refractivity contribution < 1.29 is 10.0 Å². The standard InChI is InChI=1S/C28H42N2O/c1-5-6-14-27(31)22-30(25-11-8-7-9-12-25)21-26-13-10-19-29(26)20-23-15-17-24(18-16-23)28(2,3)4/h5,10,13,15-19,25,27,31H,1,6-9,11-12,14,20-22H2,2-4H3/p+1/t27-/m1/s1. The predicted molar refractivity (Wildman–Crippen MR) is 131 cm³/mol. The SMILES string of the molecule is C=CCC[C@@H](O)C[NH+](Cc1cccn1Cc1ccc(C(C)(C)C)cc1)C1CCCCC1. The second-order valence-corrected chi connectivity index (χ2v) is 10.5. The average Bonchev–Trinajstić information content (AvgIpc) is 3.18. The third-order valence-electron chi connectivity index (χ3n) is 6.89. The van der Waals surface area contributed by atoms with Gasteiger partial charge in [0.2, 0.25) is 0 Å². The third kappa shape index (κ3) is 7.08. The molecule has 1 aromatic heterocycles. The Balaban J connectivity index is 1.70. The Morgan fingerprint density at radius 2 is 1.84 bits per heavy atom. The van der Waals surface area contributed by atoms with Crippen molar-refractivity contribution in [1.29, 1.82) is 0 Å². The summed E-state index contributed by atoms with van der Waals surface area (Å²) in [6.07, 6.45) is 12.2. The van der Waals surface area contributed by atoms with Crippen molar-refractivity contribution in [2.45, 2.75) is 96.4 Å². The number of nitrogens with one attached hydrogen (secondary N) is 1. The van der Waals surface area contributed by atoms with E-state index in [1.165, 1.54) is 48.9 Å². The second-order valence-electron chi connectivity index (χ2n) is 10.5. The fourth-order valence-corrected chi connectivity index (χ4v) is 4.91. The first kappa shape index (κ1) is 23.8. The molecule has 2 atom stereocenters. The topological polar surface area (TPSA) is 29.6 Å². The Kier molecular flexibility index (Phi) is 8.57. The van der Waals surface area contributed by atoms with Gasteiger partial charge < -0.3 is 14.6 Å². The zero-order valence-corrected chi connectivity index (χ0v) is 19.9. The molecule has 1 heterocycles. The molecular formula is C28H43N2O+. The van der Waals surface area contributed by atoms with Crippen LogP contribution in [0.25, 0.3) is 0 Å². The van der Waals surface area contributed by atoms with Crippen LogP contribution in [0.4, 0.5) is 0 Å². The van der Waals surface area contributed by atoms with Crippen LogP contribution in [0.5, 0.6) is 0 Å². The molecule has 0 spiro atoms. The summed E-state index contributed by atoms with van der Waals surface area (Å²) < 4.78 is 2.39. The maximum Gasteiger partial charge on any atom is 0.118 e. The van der Waals surface area contributed by atoms with E-state index in [1.807, 2.05) is 6.08 Å². The van der Waals surface area contributed by atoms with Crippen molar-refractivity contribution in [3.63, 3.8) is 0 Å². The van der Waals surface area contributed by atoms with Gasteiger partial charge in [0.15, 0.2) is 0 Å². The van der Waals surface area contributed by atoms with Crippen LogP contribution in [0.1, 0.15) is 82.5 Å². The minimum atomic E-state index is -0.247. The summed E-state index contributed by atoms with van der Waals surface area (Å²) in [6, 6.07) is 14.2. The van der Waals surface area contributed by atoms with E-state index in [0.29, 0.717) is 6.04 Å². The van der Waals surface area contributed by atoms with E-state index in [1.54, 1.807) is 4.90 Å². The molecule has 1 fully saturated rings. The van der Waals surface area contributed by atoms with Crippen LogP contribution >= 0.6 is 0 Å². The van der Waals surface area contributed by atoms with Crippen molar-refractivity contribution >= 4 is 0 Å². The maximum atomic E-state index is 10.6. The van der Waals surface area contributed by atoms with Gasteiger partial charge in [0.05, 0.1) is 11.7 Å². The van der Waals surface area contributed by atoms with Crippen LogP contribution in [-0.2, 0) is 18.5 Å². The number of hydrogen-bond donors (Lipinski definition) is 2. The summed E-state index contributed by atoms with van der Waals surface area (Å²) in [4.78, 5) is 1.55. The largest absolute Gasteiger partial charge is 0.387 e. The number of benzene rings is 1. The van der Waals surface area contributed by atoms with Crippen molar-refractivity contribution in [1.82, 2.24) is 4.57 Å². The molecule has 1 unspecified atom stereocenters. The zero-order valence-electron chi connectivity index (χ0n) is 19.9. The van der Waals surface area contributed by atoms with Crippen molar-refractivity contribution in [3.05, 3.63) is 72.1 Å². The predicted octanol–water partition coefficient (Wildman–Crippen LogP) is 4.88. The van der Waals surface area contributed by atoms with Crippen LogP contribution in [0.2, 0.25) is 0 Å². The summed E-state index contributed by atoms with van der Waals surface area (Å²) in [7, 11) is 0. The van der Waals surface area contributed by atoms with E-state index in [2.05, 4.69) is 74.5 Å². The molecular weight excluding hydrogens is 380 g/mol. The lowest BCUT2D eigenvalue weighted by molar-refractivity contribution is -0.943. The Morgan fingerprint density at radius 1 is 1.13 bits per heavy atom. The first-order chi connectivity index (χ1) is 14.9. The van der Waals surface area contributed by atoms with Gasteiger partial charge in [-0.1, -0.05) is 57.5 Å². The second kappa shape index (κ2) is 11.2. The number of rotatable bonds is 10. The fraction of sp³-hybridized carbons (Fsp3) is 0.571. The number of nitrogens with zero attached hydrogens (tertiary/aromatic N) is 1. The summed E-state index contributed by atoms with van der Waals surface area (Å²) >= 11 is 0. The van der Waals surface area contributed by atoms with Crippen LogP contribution in [0, 0.1) is 0 Å². The Morgan fingerprint density at radius 3 is 2.48 bits per heavy atom. The van der Waals surface area contributed by atoms with Crippen molar-refractivity contribution in [2.75, 3.05) is 6.54 Å². The molecule has 1 aromatic carbocycles. The Labute approximate surface area is 189 Å². The number of hydrogen-bond acceptors (Lipinski definition) is 1. The molecule has 2 aromatic rings. The molecule has 1 aliphatic carbocycles. The highest BCUT2D eigenvalue weighted by Crippen LogP contribution is 2.22. The average molecular weight is 424 g/mol. The number of aromatic nitrogens is 1. The minimum Gasteiger partial charge on any atom is -0.387 e. The molecule has 0 amide bonds. The highest BCUT2D eigenvalue weighted by atomic mass is 16.3. The van der Waals surface area contributed by atoms with Gasteiger partial charge in [0.1, 0.15) is 19.2 Å². The molecule has 31 heavy (non-hydrogen) atoms. The van der Waals surface area contributed by atoms with E-state index in [0.717, 1.165) is 32.5 Å². The molecule has 0 radical (unpaired) electrons. The number of quaternary nitrogens is 1. The normalized spacial score (nSPS) is 17.4. The van der Waals surface area contributed by atoms with E-state index >= 15 is 0 Å². The van der Waals surface area contributed by atoms with Gasteiger partial charge in [-0.05, 0) is 67.2 Å². The van der Waals surface area contributed by atoms with Gasteiger partial charge in [-0.3, -0.25) is 0 Å². The van der Waals surface area contributed by atoms with Crippen molar-refractivity contribution in [3.8, 4) is 0 Å². The summed E-state index contributed by atoms with van der Waals surface area (Å²) in [6.45, 7) is 13.3. The summed E-state index contributed by atoms with van der Waals surface area (Å²) in [5.74, 6) is 0. The van der Waals surface area contributed by atoms with E-state index in [-0.39, 0.29) is 11.5 Å². The number of allylic oxidation sites excluding steroid dienone is 1. The lowest BCUT2D eigenvalue weighted by atomic mass is 9.87. The lowest BCUT2D eigenvalue weighted by Crippen LogP contribution is -3.15. The van der Waals surface area contributed by atoms with Gasteiger partial charge in [-0.15, -0.1) is 6.58 Å². The maximum absolute atomic E-state index is 10.6.